The van der Waals surface area contributed by atoms with E-state index in [-0.39, 0.29) is 6.09 Å². The van der Waals surface area contributed by atoms with Crippen LogP contribution in [0.2, 0.25) is 0 Å². The highest BCUT2D eigenvalue weighted by atomic mass is 16.6. The van der Waals surface area contributed by atoms with Crippen LogP contribution in [0.5, 0.6) is 0 Å². The van der Waals surface area contributed by atoms with E-state index in [1.54, 1.807) is 0 Å². The van der Waals surface area contributed by atoms with Crippen molar-refractivity contribution in [3.05, 3.63) is 0 Å². The van der Waals surface area contributed by atoms with E-state index in [4.69, 9.17) is 9.47 Å². The average molecular weight is 312 g/mol. The Balaban J connectivity index is 1.81. The van der Waals surface area contributed by atoms with Gasteiger partial charge < -0.3 is 19.7 Å². The third-order valence-corrected chi connectivity index (χ3v) is 4.31. The minimum absolute atomic E-state index is 0.164. The van der Waals surface area contributed by atoms with Gasteiger partial charge in [-0.25, -0.2) is 4.79 Å². The fourth-order valence-corrected chi connectivity index (χ4v) is 3.39. The van der Waals surface area contributed by atoms with Crippen molar-refractivity contribution in [2.45, 2.75) is 83.5 Å². The first-order valence-electron chi connectivity index (χ1n) is 8.68. The van der Waals surface area contributed by atoms with Crippen LogP contribution in [0, 0.1) is 0 Å². The molecule has 0 saturated carbocycles. The van der Waals surface area contributed by atoms with Crippen LogP contribution in [0.1, 0.15) is 59.8 Å². The normalized spacial score (nSPS) is 27.7. The number of carbonyl (C=O) groups is 1. The highest BCUT2D eigenvalue weighted by molar-refractivity contribution is 5.68. The van der Waals surface area contributed by atoms with E-state index in [1.807, 2.05) is 25.7 Å². The maximum absolute atomic E-state index is 12.3. The number of nitrogens with zero attached hydrogens (tertiary/aromatic N) is 1. The molecule has 0 spiro atoms. The molecule has 3 atom stereocenters. The fourth-order valence-electron chi connectivity index (χ4n) is 3.39. The summed E-state index contributed by atoms with van der Waals surface area (Å²) in [5.41, 5.74) is -0.423. The van der Waals surface area contributed by atoms with Crippen LogP contribution in [-0.4, -0.2) is 54.5 Å². The van der Waals surface area contributed by atoms with E-state index < -0.39 is 5.60 Å². The van der Waals surface area contributed by atoms with Crippen LogP contribution in [0.3, 0.4) is 0 Å². The SMILES string of the molecule is CC(CC1CCCN1C(=O)OC(C)(C)C)NC1CCCOC1. The predicted molar refractivity (Wildman–Crippen MR) is 87.0 cm³/mol. The summed E-state index contributed by atoms with van der Waals surface area (Å²) >= 11 is 0. The van der Waals surface area contributed by atoms with Crippen LogP contribution in [-0.2, 0) is 9.47 Å². The number of amides is 1. The van der Waals surface area contributed by atoms with E-state index in [9.17, 15) is 4.79 Å². The molecule has 2 aliphatic rings. The third kappa shape index (κ3) is 5.43. The van der Waals surface area contributed by atoms with Crippen LogP contribution in [0.25, 0.3) is 0 Å². The molecule has 5 nitrogen and oxygen atoms in total. The highest BCUT2D eigenvalue weighted by Crippen LogP contribution is 2.24. The lowest BCUT2D eigenvalue weighted by atomic mass is 10.0. The topological polar surface area (TPSA) is 50.8 Å². The summed E-state index contributed by atoms with van der Waals surface area (Å²) in [6.45, 7) is 10.5. The molecular formula is C17H32N2O3. The molecular weight excluding hydrogens is 280 g/mol. The number of carbonyl (C=O) groups excluding carboxylic acids is 1. The fraction of sp³-hybridized carbons (Fsp3) is 0.941. The van der Waals surface area contributed by atoms with Gasteiger partial charge in [0.2, 0.25) is 0 Å². The van der Waals surface area contributed by atoms with Crippen molar-refractivity contribution in [3.8, 4) is 0 Å². The van der Waals surface area contributed by atoms with Crippen molar-refractivity contribution in [1.29, 1.82) is 0 Å². The maximum Gasteiger partial charge on any atom is 0.410 e. The van der Waals surface area contributed by atoms with Crippen molar-refractivity contribution in [2.24, 2.45) is 0 Å². The van der Waals surface area contributed by atoms with E-state index in [0.717, 1.165) is 45.4 Å². The summed E-state index contributed by atoms with van der Waals surface area (Å²) in [5, 5.41) is 3.65. The summed E-state index contributed by atoms with van der Waals surface area (Å²) in [6.07, 6.45) is 5.29. The van der Waals surface area contributed by atoms with Gasteiger partial charge in [-0.2, -0.15) is 0 Å². The molecule has 0 aromatic rings. The highest BCUT2D eigenvalue weighted by Gasteiger charge is 2.33. The Bertz CT molecular complexity index is 361. The molecule has 1 N–H and O–H groups in total. The van der Waals surface area contributed by atoms with Crippen molar-refractivity contribution >= 4 is 6.09 Å². The largest absolute Gasteiger partial charge is 0.444 e. The van der Waals surface area contributed by atoms with E-state index in [2.05, 4.69) is 12.2 Å². The minimum Gasteiger partial charge on any atom is -0.444 e. The summed E-state index contributed by atoms with van der Waals surface area (Å²) in [4.78, 5) is 14.2. The zero-order valence-electron chi connectivity index (χ0n) is 14.6. The van der Waals surface area contributed by atoms with Gasteiger partial charge in [-0.15, -0.1) is 0 Å². The number of likely N-dealkylation sites (tertiary alicyclic amines) is 1. The lowest BCUT2D eigenvalue weighted by molar-refractivity contribution is 0.0208. The van der Waals surface area contributed by atoms with Gasteiger partial charge in [0.1, 0.15) is 5.60 Å². The number of hydrogen-bond donors (Lipinski definition) is 1. The van der Waals surface area contributed by atoms with Gasteiger partial charge in [0.15, 0.2) is 0 Å². The van der Waals surface area contributed by atoms with Crippen LogP contribution in [0.4, 0.5) is 4.79 Å². The molecule has 2 saturated heterocycles. The number of rotatable bonds is 4. The molecule has 128 valence electrons. The van der Waals surface area contributed by atoms with Crippen LogP contribution >= 0.6 is 0 Å². The van der Waals surface area contributed by atoms with Crippen molar-refractivity contribution in [3.63, 3.8) is 0 Å². The zero-order valence-corrected chi connectivity index (χ0v) is 14.6. The molecule has 0 aliphatic carbocycles. The Kier molecular flexibility index (Phi) is 6.09. The van der Waals surface area contributed by atoms with Crippen molar-refractivity contribution < 1.29 is 14.3 Å². The minimum atomic E-state index is -0.423. The Morgan fingerprint density at radius 3 is 2.77 bits per heavy atom. The van der Waals surface area contributed by atoms with Gasteiger partial charge in [-0.3, -0.25) is 0 Å². The van der Waals surface area contributed by atoms with Gasteiger partial charge in [-0.05, 0) is 59.8 Å². The third-order valence-electron chi connectivity index (χ3n) is 4.31. The van der Waals surface area contributed by atoms with Crippen LogP contribution in [0.15, 0.2) is 0 Å². The average Bonchev–Trinajstić information content (AvgIpc) is 2.86. The zero-order chi connectivity index (χ0) is 16.2. The van der Waals surface area contributed by atoms with Crippen molar-refractivity contribution in [2.75, 3.05) is 19.8 Å². The number of nitrogens with one attached hydrogen (secondary N) is 1. The van der Waals surface area contributed by atoms with E-state index >= 15 is 0 Å². The Hall–Kier alpha value is -0.810. The van der Waals surface area contributed by atoms with Gasteiger partial charge in [0.05, 0.1) is 6.61 Å². The summed E-state index contributed by atoms with van der Waals surface area (Å²) in [6, 6.07) is 1.14. The summed E-state index contributed by atoms with van der Waals surface area (Å²) in [5.74, 6) is 0. The van der Waals surface area contributed by atoms with Gasteiger partial charge in [0.25, 0.3) is 0 Å². The molecule has 2 aliphatic heterocycles. The van der Waals surface area contributed by atoms with Gasteiger partial charge in [-0.1, -0.05) is 0 Å². The molecule has 2 heterocycles. The Morgan fingerprint density at radius 2 is 2.14 bits per heavy atom. The first-order chi connectivity index (χ1) is 10.3. The molecule has 5 heteroatoms. The first-order valence-corrected chi connectivity index (χ1v) is 8.68. The second kappa shape index (κ2) is 7.64. The molecule has 0 aromatic carbocycles. The standard InChI is InChI=1S/C17H32N2O3/c1-13(18-14-7-6-10-21-12-14)11-15-8-5-9-19(15)16(20)22-17(2,3)4/h13-15,18H,5-12H2,1-4H3. The van der Waals surface area contributed by atoms with Gasteiger partial charge >= 0.3 is 6.09 Å². The summed E-state index contributed by atoms with van der Waals surface area (Å²) in [7, 11) is 0. The quantitative estimate of drug-likeness (QED) is 0.867. The Morgan fingerprint density at radius 1 is 1.36 bits per heavy atom. The molecule has 2 fully saturated rings. The molecule has 2 rings (SSSR count). The Labute approximate surface area is 134 Å². The molecule has 0 radical (unpaired) electrons. The second-order valence-electron chi connectivity index (χ2n) is 7.69. The maximum atomic E-state index is 12.3. The number of hydrogen-bond acceptors (Lipinski definition) is 4. The van der Waals surface area contributed by atoms with Gasteiger partial charge in [0, 0.05) is 31.3 Å². The molecule has 0 bridgehead atoms. The smallest absolute Gasteiger partial charge is 0.410 e. The molecule has 1 amide bonds. The lowest BCUT2D eigenvalue weighted by Gasteiger charge is -2.32. The van der Waals surface area contributed by atoms with E-state index in [1.165, 1.54) is 6.42 Å². The first kappa shape index (κ1) is 17.5. The monoisotopic (exact) mass is 312 g/mol. The number of ether oxygens (including phenoxy) is 2. The lowest BCUT2D eigenvalue weighted by Crippen LogP contribution is -2.46. The summed E-state index contributed by atoms with van der Waals surface area (Å²) < 4.78 is 11.1. The van der Waals surface area contributed by atoms with Crippen molar-refractivity contribution in [1.82, 2.24) is 10.2 Å². The van der Waals surface area contributed by atoms with E-state index in [0.29, 0.717) is 18.1 Å². The predicted octanol–water partition coefficient (Wildman–Crippen LogP) is 2.93. The second-order valence-corrected chi connectivity index (χ2v) is 7.69. The molecule has 3 unspecified atom stereocenters. The molecule has 0 aromatic heterocycles. The molecule has 22 heavy (non-hydrogen) atoms. The van der Waals surface area contributed by atoms with Crippen LogP contribution < -0.4 is 5.32 Å².